The van der Waals surface area contributed by atoms with Crippen molar-refractivity contribution in [3.8, 4) is 0 Å². The maximum atomic E-state index is 12.9. The van der Waals surface area contributed by atoms with Gasteiger partial charge in [-0.1, -0.05) is 6.07 Å². The Morgan fingerprint density at radius 1 is 1.35 bits per heavy atom. The van der Waals surface area contributed by atoms with Crippen LogP contribution in [-0.4, -0.2) is 56.8 Å². The van der Waals surface area contributed by atoms with Crippen LogP contribution in [0.1, 0.15) is 22.2 Å². The number of fused-ring (bicyclic) bond motifs is 1. The molecule has 1 amide bonds. The quantitative estimate of drug-likeness (QED) is 0.785. The van der Waals surface area contributed by atoms with Gasteiger partial charge in [0.15, 0.2) is 0 Å². The number of hydrogen-bond acceptors (Lipinski definition) is 3. The second-order valence-electron chi connectivity index (χ2n) is 5.98. The number of nitrogens with zero attached hydrogens (tertiary/aromatic N) is 4. The van der Waals surface area contributed by atoms with Crippen molar-refractivity contribution in [3.05, 3.63) is 60.4 Å². The SMILES string of the molecule is CN1CCN(C(=O)c2cc3ccccn3c2)C[C@H]1c1ncc[nH]1. The smallest absolute Gasteiger partial charge is 0.255 e. The molecule has 3 aromatic rings. The summed E-state index contributed by atoms with van der Waals surface area (Å²) >= 11 is 0. The fourth-order valence-corrected chi connectivity index (χ4v) is 3.17. The van der Waals surface area contributed by atoms with Crippen LogP contribution in [-0.2, 0) is 0 Å². The van der Waals surface area contributed by atoms with Crippen LogP contribution in [0.3, 0.4) is 0 Å². The molecule has 0 bridgehead atoms. The Morgan fingerprint density at radius 3 is 3.04 bits per heavy atom. The van der Waals surface area contributed by atoms with Crippen LogP contribution in [0.2, 0.25) is 0 Å². The molecule has 1 fully saturated rings. The molecule has 1 aliphatic heterocycles. The third-order valence-electron chi connectivity index (χ3n) is 4.52. The number of carbonyl (C=O) groups excluding carboxylic acids is 1. The summed E-state index contributed by atoms with van der Waals surface area (Å²) < 4.78 is 1.98. The molecule has 4 rings (SSSR count). The van der Waals surface area contributed by atoms with Gasteiger partial charge in [0.25, 0.3) is 5.91 Å². The zero-order chi connectivity index (χ0) is 15.8. The van der Waals surface area contributed by atoms with Crippen LogP contribution in [0.4, 0.5) is 0 Å². The van der Waals surface area contributed by atoms with Crippen LogP contribution in [0, 0.1) is 0 Å². The minimum absolute atomic E-state index is 0.0818. The first-order chi connectivity index (χ1) is 11.2. The predicted molar refractivity (Wildman–Crippen MR) is 87.3 cm³/mol. The monoisotopic (exact) mass is 309 g/mol. The van der Waals surface area contributed by atoms with Gasteiger partial charge < -0.3 is 14.3 Å². The average Bonchev–Trinajstić information content (AvgIpc) is 3.24. The lowest BCUT2D eigenvalue weighted by Crippen LogP contribution is -2.49. The number of H-pyrrole nitrogens is 1. The normalized spacial score (nSPS) is 19.3. The van der Waals surface area contributed by atoms with Crippen molar-refractivity contribution < 1.29 is 4.79 Å². The highest BCUT2D eigenvalue weighted by Gasteiger charge is 2.30. The zero-order valence-electron chi connectivity index (χ0n) is 13.0. The number of imidazole rings is 1. The molecule has 1 N–H and O–H groups in total. The molecular formula is C17H19N5O. The van der Waals surface area contributed by atoms with E-state index in [1.54, 1.807) is 6.20 Å². The third kappa shape index (κ3) is 2.51. The minimum atomic E-state index is 0.0818. The molecule has 118 valence electrons. The highest BCUT2D eigenvalue weighted by Crippen LogP contribution is 2.23. The first-order valence-electron chi connectivity index (χ1n) is 7.78. The van der Waals surface area contributed by atoms with Gasteiger partial charge in [0.1, 0.15) is 5.82 Å². The van der Waals surface area contributed by atoms with Gasteiger partial charge >= 0.3 is 0 Å². The van der Waals surface area contributed by atoms with Crippen molar-refractivity contribution in [2.24, 2.45) is 0 Å². The van der Waals surface area contributed by atoms with Gasteiger partial charge in [-0.25, -0.2) is 4.98 Å². The lowest BCUT2D eigenvalue weighted by Gasteiger charge is -2.38. The molecule has 1 aliphatic rings. The Hall–Kier alpha value is -2.60. The largest absolute Gasteiger partial charge is 0.347 e. The maximum absolute atomic E-state index is 12.9. The second-order valence-corrected chi connectivity index (χ2v) is 5.98. The minimum Gasteiger partial charge on any atom is -0.347 e. The van der Waals surface area contributed by atoms with E-state index >= 15 is 0 Å². The Balaban J connectivity index is 1.58. The first kappa shape index (κ1) is 14.0. The van der Waals surface area contributed by atoms with Gasteiger partial charge in [-0.2, -0.15) is 0 Å². The highest BCUT2D eigenvalue weighted by atomic mass is 16.2. The van der Waals surface area contributed by atoms with Gasteiger partial charge in [0.05, 0.1) is 11.6 Å². The molecule has 23 heavy (non-hydrogen) atoms. The Morgan fingerprint density at radius 2 is 2.26 bits per heavy atom. The number of aromatic nitrogens is 3. The number of piperazine rings is 1. The number of aromatic amines is 1. The second kappa shape index (κ2) is 5.55. The standard InChI is InChI=1S/C17H19N5O/c1-20-8-9-22(12-15(20)16-18-5-6-19-16)17(23)13-10-14-4-2-3-7-21(14)11-13/h2-7,10-11,15H,8-9,12H2,1H3,(H,18,19)/t15-/m0/s1. The van der Waals surface area contributed by atoms with Gasteiger partial charge in [-0.15, -0.1) is 0 Å². The number of rotatable bonds is 2. The Kier molecular flexibility index (Phi) is 3.38. The number of likely N-dealkylation sites (N-methyl/N-ethyl adjacent to an activating group) is 1. The average molecular weight is 309 g/mol. The first-order valence-corrected chi connectivity index (χ1v) is 7.78. The summed E-state index contributed by atoms with van der Waals surface area (Å²) in [5.41, 5.74) is 1.77. The van der Waals surface area contributed by atoms with Gasteiger partial charge in [0, 0.05) is 49.9 Å². The summed E-state index contributed by atoms with van der Waals surface area (Å²) in [4.78, 5) is 24.5. The number of pyridine rings is 1. The summed E-state index contributed by atoms with van der Waals surface area (Å²) in [7, 11) is 2.07. The molecule has 0 aliphatic carbocycles. The van der Waals surface area contributed by atoms with E-state index in [1.807, 2.05) is 52.2 Å². The molecule has 4 heterocycles. The summed E-state index contributed by atoms with van der Waals surface area (Å²) in [6, 6.07) is 8.01. The van der Waals surface area contributed by atoms with Crippen LogP contribution >= 0.6 is 0 Å². The molecule has 6 nitrogen and oxygen atoms in total. The van der Waals surface area contributed by atoms with Crippen molar-refractivity contribution in [3.63, 3.8) is 0 Å². The number of carbonyl (C=O) groups is 1. The summed E-state index contributed by atoms with van der Waals surface area (Å²) in [6.45, 7) is 2.22. The predicted octanol–water partition coefficient (Wildman–Crippen LogP) is 1.79. The van der Waals surface area contributed by atoms with E-state index in [4.69, 9.17) is 0 Å². The van der Waals surface area contributed by atoms with Crippen molar-refractivity contribution in [2.75, 3.05) is 26.7 Å². The highest BCUT2D eigenvalue weighted by molar-refractivity contribution is 5.95. The lowest BCUT2D eigenvalue weighted by molar-refractivity contribution is 0.0534. The third-order valence-corrected chi connectivity index (χ3v) is 4.52. The van der Waals surface area contributed by atoms with Gasteiger partial charge in [-0.05, 0) is 25.2 Å². The number of nitrogens with one attached hydrogen (secondary N) is 1. The summed E-state index contributed by atoms with van der Waals surface area (Å²) in [5, 5.41) is 0. The van der Waals surface area contributed by atoms with Crippen LogP contribution in [0.25, 0.3) is 5.52 Å². The number of hydrogen-bond donors (Lipinski definition) is 1. The van der Waals surface area contributed by atoms with Crippen LogP contribution in [0.5, 0.6) is 0 Å². The van der Waals surface area contributed by atoms with E-state index in [-0.39, 0.29) is 11.9 Å². The summed E-state index contributed by atoms with van der Waals surface area (Å²) in [6.07, 6.45) is 7.44. The molecule has 1 saturated heterocycles. The molecular weight excluding hydrogens is 290 g/mol. The van der Waals surface area contributed by atoms with Crippen molar-refractivity contribution >= 4 is 11.4 Å². The molecule has 3 aromatic heterocycles. The van der Waals surface area contributed by atoms with Crippen molar-refractivity contribution in [1.29, 1.82) is 0 Å². The molecule has 6 heteroatoms. The van der Waals surface area contributed by atoms with E-state index in [2.05, 4.69) is 21.9 Å². The van der Waals surface area contributed by atoms with Crippen LogP contribution < -0.4 is 0 Å². The summed E-state index contributed by atoms with van der Waals surface area (Å²) in [5.74, 6) is 0.991. The topological polar surface area (TPSA) is 56.6 Å². The molecule has 0 aromatic carbocycles. The fourth-order valence-electron chi connectivity index (χ4n) is 3.17. The Labute approximate surface area is 134 Å². The van der Waals surface area contributed by atoms with E-state index in [1.165, 1.54) is 0 Å². The Bertz CT molecular complexity index is 790. The number of amides is 1. The van der Waals surface area contributed by atoms with Gasteiger partial charge in [-0.3, -0.25) is 9.69 Å². The van der Waals surface area contributed by atoms with E-state index in [9.17, 15) is 4.79 Å². The molecule has 0 unspecified atom stereocenters. The van der Waals surface area contributed by atoms with Crippen LogP contribution in [0.15, 0.2) is 49.1 Å². The van der Waals surface area contributed by atoms with E-state index < -0.39 is 0 Å². The van der Waals surface area contributed by atoms with Crippen molar-refractivity contribution in [1.82, 2.24) is 24.2 Å². The van der Waals surface area contributed by atoms with E-state index in [0.29, 0.717) is 6.54 Å². The van der Waals surface area contributed by atoms with E-state index in [0.717, 1.165) is 30.0 Å². The maximum Gasteiger partial charge on any atom is 0.255 e. The fraction of sp³-hybridized carbons (Fsp3) is 0.294. The molecule has 0 radical (unpaired) electrons. The molecule has 0 saturated carbocycles. The molecule has 1 atom stereocenters. The molecule has 0 spiro atoms. The van der Waals surface area contributed by atoms with Crippen molar-refractivity contribution in [2.45, 2.75) is 6.04 Å². The zero-order valence-corrected chi connectivity index (χ0v) is 13.0. The lowest BCUT2D eigenvalue weighted by atomic mass is 10.1. The van der Waals surface area contributed by atoms with Gasteiger partial charge in [0.2, 0.25) is 0 Å².